The normalized spacial score (nSPS) is 10.7. The lowest BCUT2D eigenvalue weighted by Gasteiger charge is -2.06. The Hall–Kier alpha value is -3.29. The molecule has 7 heteroatoms. The number of anilines is 2. The van der Waals surface area contributed by atoms with Crippen LogP contribution in [0.2, 0.25) is 0 Å². The van der Waals surface area contributed by atoms with Crippen LogP contribution in [0.3, 0.4) is 0 Å². The number of aryl methyl sites for hydroxylation is 1. The van der Waals surface area contributed by atoms with Gasteiger partial charge in [0.1, 0.15) is 12.4 Å². The van der Waals surface area contributed by atoms with Crippen LogP contribution in [0, 0.1) is 6.92 Å². The summed E-state index contributed by atoms with van der Waals surface area (Å²) in [4.78, 5) is 13.5. The molecule has 4 rings (SSSR count). The number of benzene rings is 1. The molecule has 3 aromatic heterocycles. The highest BCUT2D eigenvalue weighted by Crippen LogP contribution is 2.29. The van der Waals surface area contributed by atoms with Crippen LogP contribution in [0.5, 0.6) is 5.88 Å². The third-order valence-corrected chi connectivity index (χ3v) is 5.17. The van der Waals surface area contributed by atoms with E-state index in [2.05, 4.69) is 44.5 Å². The highest BCUT2D eigenvalue weighted by Gasteiger charge is 2.07. The fourth-order valence-electron chi connectivity index (χ4n) is 2.89. The fourth-order valence-corrected chi connectivity index (χ4v) is 3.61. The zero-order valence-corrected chi connectivity index (χ0v) is 17.6. The van der Waals surface area contributed by atoms with E-state index < -0.39 is 0 Å². The van der Waals surface area contributed by atoms with Crippen LogP contribution in [-0.2, 0) is 4.74 Å². The maximum absolute atomic E-state index is 5.51. The summed E-state index contributed by atoms with van der Waals surface area (Å²) in [6.45, 7) is 3.00. The summed E-state index contributed by atoms with van der Waals surface area (Å²) in [6.07, 6.45) is 1.82. The van der Waals surface area contributed by atoms with E-state index in [-0.39, 0.29) is 0 Å². The van der Waals surface area contributed by atoms with E-state index in [0.717, 1.165) is 39.0 Å². The molecule has 1 aromatic carbocycles. The van der Waals surface area contributed by atoms with Crippen molar-refractivity contribution in [2.75, 3.05) is 25.6 Å². The van der Waals surface area contributed by atoms with E-state index in [0.29, 0.717) is 19.1 Å². The molecule has 152 valence electrons. The first-order chi connectivity index (χ1) is 14.7. The molecule has 30 heavy (non-hydrogen) atoms. The molecule has 0 spiro atoms. The average molecular weight is 419 g/mol. The lowest BCUT2D eigenvalue weighted by Crippen LogP contribution is -2.05. The average Bonchev–Trinajstić information content (AvgIpc) is 3.23. The van der Waals surface area contributed by atoms with Gasteiger partial charge in [-0.15, -0.1) is 11.3 Å². The lowest BCUT2D eigenvalue weighted by atomic mass is 10.0. The number of nitrogens with one attached hydrogen (secondary N) is 1. The molecule has 0 saturated heterocycles. The van der Waals surface area contributed by atoms with Crippen LogP contribution in [-0.4, -0.2) is 35.3 Å². The molecule has 0 radical (unpaired) electrons. The summed E-state index contributed by atoms with van der Waals surface area (Å²) >= 11 is 1.56. The van der Waals surface area contributed by atoms with E-state index in [9.17, 15) is 0 Å². The van der Waals surface area contributed by atoms with Crippen LogP contribution < -0.4 is 10.1 Å². The summed E-state index contributed by atoms with van der Waals surface area (Å²) in [5.74, 6) is 1.39. The molecule has 3 heterocycles. The van der Waals surface area contributed by atoms with Crippen molar-refractivity contribution in [3.8, 4) is 28.3 Å². The van der Waals surface area contributed by atoms with Gasteiger partial charge in [0, 0.05) is 41.6 Å². The Labute approximate surface area is 179 Å². The predicted molar refractivity (Wildman–Crippen MR) is 120 cm³/mol. The number of hydrogen-bond donors (Lipinski definition) is 1. The number of pyridine rings is 2. The summed E-state index contributed by atoms with van der Waals surface area (Å²) in [5.41, 5.74) is 5.09. The maximum Gasteiger partial charge on any atom is 0.213 e. The Kier molecular flexibility index (Phi) is 6.32. The van der Waals surface area contributed by atoms with Crippen molar-refractivity contribution in [1.29, 1.82) is 0 Å². The summed E-state index contributed by atoms with van der Waals surface area (Å²) in [5, 5.41) is 6.13. The van der Waals surface area contributed by atoms with Crippen molar-refractivity contribution in [3.05, 3.63) is 71.9 Å². The first kappa shape index (κ1) is 20.0. The van der Waals surface area contributed by atoms with E-state index in [4.69, 9.17) is 9.47 Å². The SMILES string of the molecule is COCCOc1ccc(-c2ccc(-c3csc(Nc4cccc(C)n4)n3)cc2)cn1. The van der Waals surface area contributed by atoms with Gasteiger partial charge >= 0.3 is 0 Å². The summed E-state index contributed by atoms with van der Waals surface area (Å²) in [6, 6.07) is 18.1. The van der Waals surface area contributed by atoms with Gasteiger partial charge in [0.15, 0.2) is 5.13 Å². The Morgan fingerprint density at radius 3 is 2.43 bits per heavy atom. The monoisotopic (exact) mass is 418 g/mol. The van der Waals surface area contributed by atoms with Crippen molar-refractivity contribution in [3.63, 3.8) is 0 Å². The van der Waals surface area contributed by atoms with Gasteiger partial charge in [0.2, 0.25) is 5.88 Å². The van der Waals surface area contributed by atoms with Gasteiger partial charge in [-0.1, -0.05) is 30.3 Å². The molecule has 0 amide bonds. The number of aromatic nitrogens is 3. The largest absolute Gasteiger partial charge is 0.475 e. The minimum atomic E-state index is 0.488. The van der Waals surface area contributed by atoms with Crippen molar-refractivity contribution in [1.82, 2.24) is 15.0 Å². The molecule has 4 aromatic rings. The first-order valence-corrected chi connectivity index (χ1v) is 10.4. The third-order valence-electron chi connectivity index (χ3n) is 4.42. The second-order valence-corrected chi connectivity index (χ2v) is 7.49. The van der Waals surface area contributed by atoms with Gasteiger partial charge in [0.25, 0.3) is 0 Å². The molecular formula is C23H22N4O2S. The van der Waals surface area contributed by atoms with Crippen LogP contribution in [0.15, 0.2) is 66.2 Å². The van der Waals surface area contributed by atoms with Gasteiger partial charge in [0.05, 0.1) is 12.3 Å². The van der Waals surface area contributed by atoms with Crippen molar-refractivity contribution < 1.29 is 9.47 Å². The van der Waals surface area contributed by atoms with Gasteiger partial charge in [-0.25, -0.2) is 15.0 Å². The topological polar surface area (TPSA) is 69.2 Å². The maximum atomic E-state index is 5.51. The van der Waals surface area contributed by atoms with Crippen molar-refractivity contribution in [2.45, 2.75) is 6.92 Å². The molecule has 0 fully saturated rings. The molecule has 0 unspecified atom stereocenters. The minimum Gasteiger partial charge on any atom is -0.475 e. The predicted octanol–water partition coefficient (Wildman–Crippen LogP) is 5.34. The van der Waals surface area contributed by atoms with Gasteiger partial charge in [-0.05, 0) is 30.7 Å². The Morgan fingerprint density at radius 1 is 0.900 bits per heavy atom. The van der Waals surface area contributed by atoms with Gasteiger partial charge in [-0.3, -0.25) is 0 Å². The Balaban J connectivity index is 1.43. The van der Waals surface area contributed by atoms with Gasteiger partial charge < -0.3 is 14.8 Å². The molecule has 0 saturated carbocycles. The van der Waals surface area contributed by atoms with Crippen LogP contribution >= 0.6 is 11.3 Å². The lowest BCUT2D eigenvalue weighted by molar-refractivity contribution is 0.144. The second kappa shape index (κ2) is 9.47. The Morgan fingerprint density at radius 2 is 1.70 bits per heavy atom. The number of nitrogens with zero attached hydrogens (tertiary/aromatic N) is 3. The first-order valence-electron chi connectivity index (χ1n) is 9.56. The van der Waals surface area contributed by atoms with Gasteiger partial charge in [-0.2, -0.15) is 0 Å². The number of methoxy groups -OCH3 is 1. The summed E-state index contributed by atoms with van der Waals surface area (Å²) in [7, 11) is 1.65. The molecule has 0 atom stereocenters. The fraction of sp³-hybridized carbons (Fsp3) is 0.174. The number of thiazole rings is 1. The van der Waals surface area contributed by atoms with Crippen molar-refractivity contribution in [2.24, 2.45) is 0 Å². The minimum absolute atomic E-state index is 0.488. The summed E-state index contributed by atoms with van der Waals surface area (Å²) < 4.78 is 10.5. The standard InChI is InChI=1S/C23H22N4O2S/c1-16-4-3-5-21(25-16)27-23-26-20(15-30-23)18-8-6-17(7-9-18)19-10-11-22(24-14-19)29-13-12-28-2/h3-11,14-15H,12-13H2,1-2H3,(H,25,26,27). The zero-order chi connectivity index (χ0) is 20.8. The third kappa shape index (κ3) is 5.00. The molecule has 6 nitrogen and oxygen atoms in total. The van der Waals surface area contributed by atoms with Crippen LogP contribution in [0.25, 0.3) is 22.4 Å². The number of ether oxygens (including phenoxy) is 2. The number of hydrogen-bond acceptors (Lipinski definition) is 7. The molecule has 0 aliphatic carbocycles. The highest BCUT2D eigenvalue weighted by atomic mass is 32.1. The van der Waals surface area contributed by atoms with Crippen molar-refractivity contribution >= 4 is 22.3 Å². The second-order valence-electron chi connectivity index (χ2n) is 6.63. The zero-order valence-electron chi connectivity index (χ0n) is 16.8. The van der Waals surface area contributed by atoms with E-state index in [1.807, 2.05) is 48.8 Å². The van der Waals surface area contributed by atoms with Crippen LogP contribution in [0.4, 0.5) is 10.9 Å². The van der Waals surface area contributed by atoms with E-state index in [1.165, 1.54) is 0 Å². The quantitative estimate of drug-likeness (QED) is 0.389. The molecular weight excluding hydrogens is 396 g/mol. The highest BCUT2D eigenvalue weighted by molar-refractivity contribution is 7.14. The smallest absolute Gasteiger partial charge is 0.213 e. The Bertz CT molecular complexity index is 1090. The molecule has 0 aliphatic rings. The molecule has 1 N–H and O–H groups in total. The molecule has 0 bridgehead atoms. The number of rotatable bonds is 8. The van der Waals surface area contributed by atoms with E-state index >= 15 is 0 Å². The molecule has 0 aliphatic heterocycles. The van der Waals surface area contributed by atoms with E-state index in [1.54, 1.807) is 18.4 Å². The van der Waals surface area contributed by atoms with Crippen LogP contribution in [0.1, 0.15) is 5.69 Å².